The van der Waals surface area contributed by atoms with E-state index in [1.807, 2.05) is 0 Å². The molecule has 10 nitrogen and oxygen atoms in total. The molecule has 0 bridgehead atoms. The first-order valence-corrected chi connectivity index (χ1v) is 19.3. The molecular formula is C40H50N10. The van der Waals surface area contributed by atoms with Gasteiger partial charge in [0.2, 0.25) is 0 Å². The molecule has 0 aromatic heterocycles. The van der Waals surface area contributed by atoms with Crippen LogP contribution in [-0.4, -0.2) is 72.8 Å². The molecule has 0 spiro atoms. The van der Waals surface area contributed by atoms with Crippen LogP contribution in [0.1, 0.15) is 96.3 Å². The van der Waals surface area contributed by atoms with Crippen molar-refractivity contribution >= 4 is 5.71 Å². The molecular weight excluding hydrogens is 621 g/mol. The van der Waals surface area contributed by atoms with Crippen LogP contribution in [-0.2, 0) is 0 Å². The average Bonchev–Trinajstić information content (AvgIpc) is 3.19. The highest BCUT2D eigenvalue weighted by atomic mass is 16.2. The van der Waals surface area contributed by atoms with E-state index in [-0.39, 0.29) is 0 Å². The molecule has 0 saturated heterocycles. The maximum Gasteiger partial charge on any atom is 0.0740 e. The van der Waals surface area contributed by atoms with E-state index in [2.05, 4.69) is 113 Å². The smallest absolute Gasteiger partial charge is 0.0740 e. The number of nitrogens with zero attached hydrogens (tertiary/aromatic N) is 9. The van der Waals surface area contributed by atoms with Gasteiger partial charge >= 0.3 is 0 Å². The monoisotopic (exact) mass is 670 g/mol. The summed E-state index contributed by atoms with van der Waals surface area (Å²) in [5, 5.41) is 25.3. The minimum absolute atomic E-state index is 0.866. The largest absolute Gasteiger partial charge is 0.223 e. The summed E-state index contributed by atoms with van der Waals surface area (Å²) in [6.45, 7) is 3.73. The summed E-state index contributed by atoms with van der Waals surface area (Å²) >= 11 is 0. The molecule has 50 heavy (non-hydrogen) atoms. The minimum Gasteiger partial charge on any atom is -0.223 e. The van der Waals surface area contributed by atoms with E-state index < -0.39 is 0 Å². The van der Waals surface area contributed by atoms with Crippen molar-refractivity contribution in [3.05, 3.63) is 118 Å². The Morgan fingerprint density at radius 1 is 0.560 bits per heavy atom. The lowest BCUT2D eigenvalue weighted by Crippen LogP contribution is -2.72. The highest BCUT2D eigenvalue weighted by molar-refractivity contribution is 6.04. The van der Waals surface area contributed by atoms with Gasteiger partial charge in [0.15, 0.2) is 0 Å². The maximum absolute atomic E-state index is 5.35. The molecule has 5 aliphatic carbocycles. The van der Waals surface area contributed by atoms with Gasteiger partial charge < -0.3 is 0 Å². The van der Waals surface area contributed by atoms with Crippen molar-refractivity contribution in [2.75, 3.05) is 26.2 Å². The Morgan fingerprint density at radius 3 is 2.12 bits per heavy atom. The van der Waals surface area contributed by atoms with E-state index in [0.29, 0.717) is 0 Å². The topological polar surface area (TPSA) is 50.3 Å². The molecule has 0 amide bonds. The Morgan fingerprint density at radius 2 is 1.28 bits per heavy atom. The number of allylic oxidation sites excluding steroid dienone is 13. The second kappa shape index (κ2) is 12.9. The summed E-state index contributed by atoms with van der Waals surface area (Å²) in [4.78, 5) is 0. The highest BCUT2D eigenvalue weighted by Gasteiger charge is 2.46. The SMILES string of the molecule is C1=CCC2=NN(N3C4=C(CCCC4)CCN3N3C4=C(CC=CC4)CCN3N3C4=C(CC=CC4)CCN3N3NCCC4=C3CCC=C4)C=CC2=C1. The van der Waals surface area contributed by atoms with Crippen LogP contribution in [0.15, 0.2) is 123 Å². The van der Waals surface area contributed by atoms with Crippen molar-refractivity contribution in [2.45, 2.75) is 96.3 Å². The summed E-state index contributed by atoms with van der Waals surface area (Å²) in [6, 6.07) is 0. The average molecular weight is 671 g/mol. The van der Waals surface area contributed by atoms with E-state index in [4.69, 9.17) is 5.10 Å². The number of hydrogen-bond acceptors (Lipinski definition) is 10. The number of fused-ring (bicyclic) bond motifs is 1. The minimum atomic E-state index is 0.866. The predicted octanol–water partition coefficient (Wildman–Crippen LogP) is 7.34. The summed E-state index contributed by atoms with van der Waals surface area (Å²) in [6.07, 6.45) is 41.4. The van der Waals surface area contributed by atoms with Gasteiger partial charge in [-0.05, 0) is 111 Å². The Kier molecular flexibility index (Phi) is 7.93. The maximum atomic E-state index is 5.35. The van der Waals surface area contributed by atoms with Crippen LogP contribution in [0.2, 0.25) is 0 Å². The second-order valence-corrected chi connectivity index (χ2v) is 14.8. The van der Waals surface area contributed by atoms with Crippen molar-refractivity contribution in [1.29, 1.82) is 0 Å². The molecule has 0 aromatic rings. The van der Waals surface area contributed by atoms with Gasteiger partial charge in [-0.1, -0.05) is 64.9 Å². The van der Waals surface area contributed by atoms with Crippen LogP contribution in [0, 0.1) is 0 Å². The van der Waals surface area contributed by atoms with Gasteiger partial charge in [-0.3, -0.25) is 0 Å². The molecule has 5 aliphatic heterocycles. The Labute approximate surface area is 296 Å². The summed E-state index contributed by atoms with van der Waals surface area (Å²) < 4.78 is 0. The molecule has 0 aromatic carbocycles. The zero-order chi connectivity index (χ0) is 33.0. The molecule has 10 rings (SSSR count). The summed E-state index contributed by atoms with van der Waals surface area (Å²) in [5.74, 6) is 0. The lowest BCUT2D eigenvalue weighted by molar-refractivity contribution is -0.401. The summed E-state index contributed by atoms with van der Waals surface area (Å²) in [5.41, 5.74) is 18.2. The molecule has 5 heterocycles. The van der Waals surface area contributed by atoms with Crippen molar-refractivity contribution in [3.63, 3.8) is 0 Å². The Balaban J connectivity index is 1.10. The number of hydrazone groups is 1. The molecule has 0 fully saturated rings. The van der Waals surface area contributed by atoms with Crippen LogP contribution >= 0.6 is 0 Å². The Bertz CT molecular complexity index is 1780. The molecule has 0 radical (unpaired) electrons. The first-order valence-electron chi connectivity index (χ1n) is 19.3. The van der Waals surface area contributed by atoms with Crippen LogP contribution in [0.5, 0.6) is 0 Å². The van der Waals surface area contributed by atoms with Crippen molar-refractivity contribution in [1.82, 2.24) is 46.4 Å². The van der Waals surface area contributed by atoms with E-state index in [9.17, 15) is 0 Å². The summed E-state index contributed by atoms with van der Waals surface area (Å²) in [7, 11) is 0. The van der Waals surface area contributed by atoms with Crippen LogP contribution in [0.4, 0.5) is 0 Å². The third kappa shape index (κ3) is 5.18. The molecule has 260 valence electrons. The number of rotatable bonds is 4. The number of hydrazine groups is 8. The Hall–Kier alpha value is -4.09. The van der Waals surface area contributed by atoms with E-state index in [1.165, 1.54) is 53.2 Å². The molecule has 0 unspecified atom stereocenters. The van der Waals surface area contributed by atoms with Gasteiger partial charge in [-0.25, -0.2) is 20.8 Å². The standard InChI is InChI=1S/C40H50N10/c1-6-16-36-31(11-1)22-27-43(42-36)48-38-18-8-3-13-33(38)24-29-45(48)50-40-20-10-5-15-35(40)25-30-46(50)49-39-19-9-4-14-34(39)23-28-44(49)47-37-17-7-2-12-32(37)21-26-41-47/h1-2,4-6,9-12,22,27,41H,3,7-8,13-21,23-26,28-30H2. The fraction of sp³-hybridized carbons (Fsp3) is 0.475. The fourth-order valence-electron chi connectivity index (χ4n) is 9.47. The van der Waals surface area contributed by atoms with Crippen molar-refractivity contribution < 1.29 is 0 Å². The third-order valence-electron chi connectivity index (χ3n) is 12.0. The van der Waals surface area contributed by atoms with E-state index in [0.717, 1.165) is 109 Å². The zero-order valence-electron chi connectivity index (χ0n) is 29.3. The van der Waals surface area contributed by atoms with Gasteiger partial charge in [-0.15, -0.1) is 5.12 Å². The fourth-order valence-corrected chi connectivity index (χ4v) is 9.47. The predicted molar refractivity (Wildman–Crippen MR) is 196 cm³/mol. The van der Waals surface area contributed by atoms with Gasteiger partial charge in [0.25, 0.3) is 0 Å². The van der Waals surface area contributed by atoms with Crippen LogP contribution < -0.4 is 5.43 Å². The van der Waals surface area contributed by atoms with Gasteiger partial charge in [0, 0.05) is 51.6 Å². The molecule has 1 N–H and O–H groups in total. The molecule has 0 atom stereocenters. The number of hydrogen-bond donors (Lipinski definition) is 1. The lowest BCUT2D eigenvalue weighted by atomic mass is 9.93. The zero-order valence-corrected chi connectivity index (χ0v) is 29.3. The molecule has 0 saturated carbocycles. The lowest BCUT2D eigenvalue weighted by Gasteiger charge is -2.60. The van der Waals surface area contributed by atoms with Crippen LogP contribution in [0.25, 0.3) is 0 Å². The molecule has 10 heteroatoms. The quantitative estimate of drug-likeness (QED) is 0.310. The first-order chi connectivity index (χ1) is 24.8. The van der Waals surface area contributed by atoms with Crippen LogP contribution in [0.3, 0.4) is 0 Å². The molecule has 10 aliphatic rings. The van der Waals surface area contributed by atoms with Crippen molar-refractivity contribution in [2.24, 2.45) is 5.10 Å². The van der Waals surface area contributed by atoms with Gasteiger partial charge in [0.05, 0.1) is 28.5 Å². The number of nitrogens with one attached hydrogen (secondary N) is 1. The second-order valence-electron chi connectivity index (χ2n) is 14.8. The van der Waals surface area contributed by atoms with Gasteiger partial charge in [0.1, 0.15) is 0 Å². The van der Waals surface area contributed by atoms with Gasteiger partial charge in [-0.2, -0.15) is 15.3 Å². The third-order valence-corrected chi connectivity index (χ3v) is 12.0. The first kappa shape index (κ1) is 30.7. The highest BCUT2D eigenvalue weighted by Crippen LogP contribution is 2.44. The van der Waals surface area contributed by atoms with E-state index in [1.54, 1.807) is 16.7 Å². The van der Waals surface area contributed by atoms with E-state index >= 15 is 0 Å². The van der Waals surface area contributed by atoms with Crippen molar-refractivity contribution in [3.8, 4) is 0 Å². The normalized spacial score (nSPS) is 27.5.